The Balaban J connectivity index is 2.09. The summed E-state index contributed by atoms with van der Waals surface area (Å²) in [6.45, 7) is 5.07. The molecule has 5 nitrogen and oxygen atoms in total. The fraction of sp³-hybridized carbons (Fsp3) is 0.333. The van der Waals surface area contributed by atoms with Crippen LogP contribution < -0.4 is 4.57 Å². The standard InChI is InChI=1S/C12H13BrN5S/c1-3-4-17-6-9(5-10(13)7-17)11-16-18-8(2)14-15-12(18)19-11/h5-7H,3-4H2,1-2H3/q+1. The maximum absolute atomic E-state index is 4.56. The molecule has 0 unspecified atom stereocenters. The molecule has 0 aliphatic heterocycles. The van der Waals surface area contributed by atoms with Crippen LogP contribution in [0.1, 0.15) is 19.2 Å². The number of hydrogen-bond donors (Lipinski definition) is 0. The first-order valence-corrected chi connectivity index (χ1v) is 7.67. The molecule has 0 aromatic carbocycles. The van der Waals surface area contributed by atoms with E-state index in [-0.39, 0.29) is 0 Å². The second-order valence-electron chi connectivity index (χ2n) is 4.33. The Morgan fingerprint density at radius 2 is 2.21 bits per heavy atom. The predicted octanol–water partition coefficient (Wildman–Crippen LogP) is 2.62. The van der Waals surface area contributed by atoms with Crippen molar-refractivity contribution >= 4 is 32.2 Å². The molecule has 3 aromatic rings. The number of rotatable bonds is 3. The van der Waals surface area contributed by atoms with E-state index in [1.165, 1.54) is 0 Å². The minimum Gasteiger partial charge on any atom is -0.203 e. The molecule has 3 aromatic heterocycles. The molecule has 3 rings (SSSR count). The summed E-state index contributed by atoms with van der Waals surface area (Å²) in [5.41, 5.74) is 1.10. The Hall–Kier alpha value is -1.34. The zero-order valence-electron chi connectivity index (χ0n) is 10.7. The third-order valence-corrected chi connectivity index (χ3v) is 4.14. The first kappa shape index (κ1) is 12.7. The molecule has 0 saturated heterocycles. The lowest BCUT2D eigenvalue weighted by atomic mass is 10.3. The van der Waals surface area contributed by atoms with Crippen LogP contribution in [0.15, 0.2) is 22.9 Å². The van der Waals surface area contributed by atoms with Crippen LogP contribution in [0.4, 0.5) is 0 Å². The molecule has 0 fully saturated rings. The van der Waals surface area contributed by atoms with E-state index in [0.29, 0.717) is 0 Å². The van der Waals surface area contributed by atoms with Gasteiger partial charge < -0.3 is 0 Å². The summed E-state index contributed by atoms with van der Waals surface area (Å²) in [6, 6.07) is 2.08. The highest BCUT2D eigenvalue weighted by molar-refractivity contribution is 9.10. The average Bonchev–Trinajstić information content (AvgIpc) is 2.92. The van der Waals surface area contributed by atoms with E-state index >= 15 is 0 Å². The van der Waals surface area contributed by atoms with E-state index in [2.05, 4.69) is 61.2 Å². The molecule has 19 heavy (non-hydrogen) atoms. The Bertz CT molecular complexity index is 733. The molecule has 0 amide bonds. The van der Waals surface area contributed by atoms with Gasteiger partial charge in [0.1, 0.15) is 6.54 Å². The Kier molecular flexibility index (Phi) is 3.32. The molecule has 0 atom stereocenters. The van der Waals surface area contributed by atoms with Gasteiger partial charge in [0.15, 0.2) is 23.2 Å². The Labute approximate surface area is 123 Å². The van der Waals surface area contributed by atoms with Crippen molar-refractivity contribution in [2.75, 3.05) is 0 Å². The minimum atomic E-state index is 0.814. The van der Waals surface area contributed by atoms with Gasteiger partial charge in [0, 0.05) is 6.42 Å². The molecule has 98 valence electrons. The number of fused-ring (bicyclic) bond motifs is 1. The molecule has 0 spiro atoms. The molecular formula is C12H13BrN5S+. The predicted molar refractivity (Wildman–Crippen MR) is 77.0 cm³/mol. The monoisotopic (exact) mass is 338 g/mol. The smallest absolute Gasteiger partial charge is 0.203 e. The molecule has 0 aliphatic carbocycles. The second-order valence-corrected chi connectivity index (χ2v) is 6.20. The van der Waals surface area contributed by atoms with Crippen LogP contribution in [0, 0.1) is 6.92 Å². The number of hydrogen-bond acceptors (Lipinski definition) is 4. The molecule has 0 saturated carbocycles. The van der Waals surface area contributed by atoms with Crippen LogP contribution in [0.2, 0.25) is 0 Å². The van der Waals surface area contributed by atoms with Crippen LogP contribution in [0.5, 0.6) is 0 Å². The fourth-order valence-corrected chi connectivity index (χ4v) is 3.31. The first-order chi connectivity index (χ1) is 9.17. The Morgan fingerprint density at radius 3 is 2.95 bits per heavy atom. The van der Waals surface area contributed by atoms with Crippen molar-refractivity contribution in [3.63, 3.8) is 0 Å². The summed E-state index contributed by atoms with van der Waals surface area (Å²) in [7, 11) is 0. The van der Waals surface area contributed by atoms with Crippen molar-refractivity contribution in [2.45, 2.75) is 26.8 Å². The summed E-state index contributed by atoms with van der Waals surface area (Å²) in [5.74, 6) is 0.814. The number of pyridine rings is 1. The zero-order valence-corrected chi connectivity index (χ0v) is 13.1. The van der Waals surface area contributed by atoms with Gasteiger partial charge in [-0.25, -0.2) is 4.57 Å². The van der Waals surface area contributed by atoms with Crippen molar-refractivity contribution in [1.82, 2.24) is 19.8 Å². The van der Waals surface area contributed by atoms with Gasteiger partial charge in [-0.15, -0.1) is 10.2 Å². The normalized spacial score (nSPS) is 11.3. The van der Waals surface area contributed by atoms with Gasteiger partial charge in [-0.2, -0.15) is 9.61 Å². The summed E-state index contributed by atoms with van der Waals surface area (Å²) < 4.78 is 5.01. The van der Waals surface area contributed by atoms with Gasteiger partial charge >= 0.3 is 0 Å². The van der Waals surface area contributed by atoms with Crippen molar-refractivity contribution in [1.29, 1.82) is 0 Å². The summed E-state index contributed by atoms with van der Waals surface area (Å²) >= 11 is 5.10. The van der Waals surface area contributed by atoms with Gasteiger partial charge in [-0.3, -0.25) is 0 Å². The van der Waals surface area contributed by atoms with E-state index in [4.69, 9.17) is 0 Å². The fourth-order valence-electron chi connectivity index (χ4n) is 1.93. The van der Waals surface area contributed by atoms with Crippen molar-refractivity contribution in [3.8, 4) is 10.6 Å². The lowest BCUT2D eigenvalue weighted by molar-refractivity contribution is -0.697. The SMILES string of the molecule is CCC[n+]1cc(Br)cc(-c2nn3c(C)nnc3s2)c1. The van der Waals surface area contributed by atoms with Gasteiger partial charge in [-0.05, 0) is 28.9 Å². The van der Waals surface area contributed by atoms with Gasteiger partial charge in [0.05, 0.1) is 10.0 Å². The molecule has 7 heteroatoms. The molecule has 0 radical (unpaired) electrons. The lowest BCUT2D eigenvalue weighted by Crippen LogP contribution is -2.32. The van der Waals surface area contributed by atoms with Crippen LogP contribution in [-0.4, -0.2) is 19.8 Å². The lowest BCUT2D eigenvalue weighted by Gasteiger charge is -1.98. The maximum atomic E-state index is 4.56. The molecule has 0 N–H and O–H groups in total. The van der Waals surface area contributed by atoms with Gasteiger partial charge in [0.25, 0.3) is 0 Å². The van der Waals surface area contributed by atoms with E-state index in [9.17, 15) is 0 Å². The Morgan fingerprint density at radius 1 is 1.37 bits per heavy atom. The summed E-state index contributed by atoms with van der Waals surface area (Å²) in [5, 5.41) is 13.6. The topological polar surface area (TPSA) is 47.0 Å². The minimum absolute atomic E-state index is 0.814. The van der Waals surface area contributed by atoms with Crippen LogP contribution in [0.25, 0.3) is 15.5 Å². The highest BCUT2D eigenvalue weighted by Crippen LogP contribution is 2.26. The average molecular weight is 339 g/mol. The van der Waals surface area contributed by atoms with Crippen molar-refractivity contribution < 1.29 is 4.57 Å². The molecular weight excluding hydrogens is 326 g/mol. The third-order valence-electron chi connectivity index (χ3n) is 2.76. The van der Waals surface area contributed by atoms with Crippen LogP contribution in [-0.2, 0) is 6.54 Å². The van der Waals surface area contributed by atoms with Crippen LogP contribution in [0.3, 0.4) is 0 Å². The largest absolute Gasteiger partial charge is 0.234 e. The van der Waals surface area contributed by atoms with E-state index < -0.39 is 0 Å². The summed E-state index contributed by atoms with van der Waals surface area (Å²) in [6.07, 6.45) is 5.30. The molecule has 0 bridgehead atoms. The maximum Gasteiger partial charge on any atom is 0.234 e. The number of halogens is 1. The summed E-state index contributed by atoms with van der Waals surface area (Å²) in [4.78, 5) is 0.828. The number of aromatic nitrogens is 5. The van der Waals surface area contributed by atoms with E-state index in [1.807, 2.05) is 6.92 Å². The number of nitrogens with zero attached hydrogens (tertiary/aromatic N) is 5. The molecule has 3 heterocycles. The van der Waals surface area contributed by atoms with Crippen molar-refractivity contribution in [2.24, 2.45) is 0 Å². The highest BCUT2D eigenvalue weighted by Gasteiger charge is 2.14. The third kappa shape index (κ3) is 2.40. The van der Waals surface area contributed by atoms with E-state index in [0.717, 1.165) is 38.8 Å². The second kappa shape index (κ2) is 4.97. The molecule has 0 aliphatic rings. The number of aryl methyl sites for hydroxylation is 2. The van der Waals surface area contributed by atoms with E-state index in [1.54, 1.807) is 15.9 Å². The first-order valence-electron chi connectivity index (χ1n) is 6.06. The van der Waals surface area contributed by atoms with Gasteiger partial charge in [0.2, 0.25) is 4.96 Å². The quantitative estimate of drug-likeness (QED) is 0.689. The highest BCUT2D eigenvalue weighted by atomic mass is 79.9. The van der Waals surface area contributed by atoms with Crippen molar-refractivity contribution in [3.05, 3.63) is 28.8 Å². The zero-order chi connectivity index (χ0) is 13.4. The van der Waals surface area contributed by atoms with Crippen LogP contribution >= 0.6 is 27.3 Å². The van der Waals surface area contributed by atoms with Gasteiger partial charge in [-0.1, -0.05) is 18.3 Å².